The molecule has 82 valence electrons. The minimum absolute atomic E-state index is 0.0809. The van der Waals surface area contributed by atoms with Gasteiger partial charge >= 0.3 is 5.97 Å². The van der Waals surface area contributed by atoms with Crippen molar-refractivity contribution in [2.45, 2.75) is 19.4 Å². The molecule has 15 heavy (non-hydrogen) atoms. The van der Waals surface area contributed by atoms with Crippen LogP contribution in [0.1, 0.15) is 11.1 Å². The molecule has 1 rings (SSSR count). The number of carbonyl (C=O) groups is 1. The molecule has 0 amide bonds. The van der Waals surface area contributed by atoms with E-state index in [-0.39, 0.29) is 17.5 Å². The lowest BCUT2D eigenvalue weighted by molar-refractivity contribution is -0.138. The molecule has 1 aromatic rings. The molecule has 5 heteroatoms. The van der Waals surface area contributed by atoms with Crippen LogP contribution in [-0.2, 0) is 11.2 Å². The number of benzene rings is 1. The van der Waals surface area contributed by atoms with E-state index in [4.69, 9.17) is 10.8 Å². The van der Waals surface area contributed by atoms with Gasteiger partial charge in [0.15, 0.2) is 0 Å². The van der Waals surface area contributed by atoms with Gasteiger partial charge in [-0.15, -0.1) is 0 Å². The predicted octanol–water partition coefficient (Wildman–Crippen LogP) is 1.23. The zero-order valence-electron chi connectivity index (χ0n) is 8.13. The first kappa shape index (κ1) is 11.6. The molecule has 0 spiro atoms. The summed E-state index contributed by atoms with van der Waals surface area (Å²) < 4.78 is 26.1. The average Bonchev–Trinajstić information content (AvgIpc) is 2.13. The molecule has 0 radical (unpaired) electrons. The zero-order valence-corrected chi connectivity index (χ0v) is 8.13. The summed E-state index contributed by atoms with van der Waals surface area (Å²) in [6.07, 6.45) is -0.0938. The van der Waals surface area contributed by atoms with Crippen molar-refractivity contribution in [2.24, 2.45) is 5.73 Å². The monoisotopic (exact) mass is 215 g/mol. The summed E-state index contributed by atoms with van der Waals surface area (Å²) in [4.78, 5) is 10.4. The minimum atomic E-state index is -1.20. The highest BCUT2D eigenvalue weighted by molar-refractivity contribution is 5.73. The van der Waals surface area contributed by atoms with Crippen LogP contribution in [0.2, 0.25) is 0 Å². The molecular formula is C10H11F2NO2. The third-order valence-electron chi connectivity index (χ3n) is 2.11. The van der Waals surface area contributed by atoms with E-state index in [9.17, 15) is 13.6 Å². The van der Waals surface area contributed by atoms with Crippen molar-refractivity contribution >= 4 is 5.97 Å². The molecule has 1 unspecified atom stereocenters. The molecule has 0 bridgehead atoms. The SMILES string of the molecule is Cc1c(F)cc(CC(N)C(=O)O)cc1F. The van der Waals surface area contributed by atoms with Gasteiger partial charge in [0.1, 0.15) is 17.7 Å². The predicted molar refractivity (Wildman–Crippen MR) is 50.4 cm³/mol. The van der Waals surface area contributed by atoms with Gasteiger partial charge in [-0.05, 0) is 31.0 Å². The Morgan fingerprint density at radius 1 is 1.47 bits per heavy atom. The summed E-state index contributed by atoms with van der Waals surface area (Å²) in [7, 11) is 0. The topological polar surface area (TPSA) is 63.3 Å². The van der Waals surface area contributed by atoms with E-state index in [2.05, 4.69) is 0 Å². The van der Waals surface area contributed by atoms with Crippen molar-refractivity contribution in [3.05, 3.63) is 34.9 Å². The molecule has 1 aromatic carbocycles. The number of carboxylic acid groups (broad SMARTS) is 1. The fourth-order valence-corrected chi connectivity index (χ4v) is 1.16. The van der Waals surface area contributed by atoms with Crippen LogP contribution >= 0.6 is 0 Å². The van der Waals surface area contributed by atoms with E-state index in [1.165, 1.54) is 6.92 Å². The van der Waals surface area contributed by atoms with Crippen molar-refractivity contribution in [1.82, 2.24) is 0 Å². The fraction of sp³-hybridized carbons (Fsp3) is 0.300. The Balaban J connectivity index is 2.92. The normalized spacial score (nSPS) is 12.5. The highest BCUT2D eigenvalue weighted by Crippen LogP contribution is 2.15. The van der Waals surface area contributed by atoms with Crippen LogP contribution in [0.25, 0.3) is 0 Å². The lowest BCUT2D eigenvalue weighted by atomic mass is 10.0. The van der Waals surface area contributed by atoms with E-state index in [0.717, 1.165) is 12.1 Å². The van der Waals surface area contributed by atoms with Gasteiger partial charge in [-0.3, -0.25) is 4.79 Å². The fourth-order valence-electron chi connectivity index (χ4n) is 1.16. The van der Waals surface area contributed by atoms with Gasteiger partial charge in [0, 0.05) is 5.56 Å². The summed E-state index contributed by atoms with van der Waals surface area (Å²) in [5.74, 6) is -2.58. The highest BCUT2D eigenvalue weighted by atomic mass is 19.1. The van der Waals surface area contributed by atoms with Gasteiger partial charge in [-0.2, -0.15) is 0 Å². The van der Waals surface area contributed by atoms with Crippen LogP contribution < -0.4 is 5.73 Å². The Morgan fingerprint density at radius 3 is 2.33 bits per heavy atom. The molecule has 1 atom stereocenters. The molecule has 3 nitrogen and oxygen atoms in total. The molecule has 0 heterocycles. The molecule has 0 saturated carbocycles. The molecule has 0 aliphatic heterocycles. The van der Waals surface area contributed by atoms with E-state index in [1.807, 2.05) is 0 Å². The third kappa shape index (κ3) is 2.73. The molecular weight excluding hydrogens is 204 g/mol. The Bertz CT molecular complexity index is 370. The van der Waals surface area contributed by atoms with Crippen molar-refractivity contribution in [3.8, 4) is 0 Å². The molecule has 0 aliphatic carbocycles. The average molecular weight is 215 g/mol. The Morgan fingerprint density at radius 2 is 1.93 bits per heavy atom. The first-order chi connectivity index (χ1) is 6.91. The molecule has 0 saturated heterocycles. The van der Waals surface area contributed by atoms with Gasteiger partial charge in [0.05, 0.1) is 0 Å². The maximum Gasteiger partial charge on any atom is 0.320 e. The van der Waals surface area contributed by atoms with E-state index in [0.29, 0.717) is 0 Å². The van der Waals surface area contributed by atoms with Crippen molar-refractivity contribution in [2.75, 3.05) is 0 Å². The van der Waals surface area contributed by atoms with Gasteiger partial charge < -0.3 is 10.8 Å². The first-order valence-corrected chi connectivity index (χ1v) is 4.34. The molecule has 3 N–H and O–H groups in total. The summed E-state index contributed by atoms with van der Waals surface area (Å²) in [6.45, 7) is 1.31. The molecule has 0 aromatic heterocycles. The molecule has 0 fully saturated rings. The van der Waals surface area contributed by atoms with Crippen LogP contribution in [-0.4, -0.2) is 17.1 Å². The van der Waals surface area contributed by atoms with Crippen molar-refractivity contribution < 1.29 is 18.7 Å². The quantitative estimate of drug-likeness (QED) is 0.797. The number of hydrogen-bond acceptors (Lipinski definition) is 2. The van der Waals surface area contributed by atoms with Gasteiger partial charge in [-0.25, -0.2) is 8.78 Å². The first-order valence-electron chi connectivity index (χ1n) is 4.34. The van der Waals surface area contributed by atoms with E-state index in [1.54, 1.807) is 0 Å². The maximum atomic E-state index is 13.1. The molecule has 0 aliphatic rings. The number of nitrogens with two attached hydrogens (primary N) is 1. The number of halogens is 2. The van der Waals surface area contributed by atoms with E-state index < -0.39 is 23.6 Å². The lowest BCUT2D eigenvalue weighted by Crippen LogP contribution is -2.32. The summed E-state index contributed by atoms with van der Waals surface area (Å²) in [5, 5.41) is 8.52. The van der Waals surface area contributed by atoms with Crippen LogP contribution in [0.3, 0.4) is 0 Å². The smallest absolute Gasteiger partial charge is 0.320 e. The van der Waals surface area contributed by atoms with Gasteiger partial charge in [0.2, 0.25) is 0 Å². The standard InChI is InChI=1S/C10H11F2NO2/c1-5-7(11)2-6(3-8(5)12)4-9(13)10(14)15/h2-3,9H,4,13H2,1H3,(H,14,15). The second-order valence-electron chi connectivity index (χ2n) is 3.33. The largest absolute Gasteiger partial charge is 0.480 e. The number of hydrogen-bond donors (Lipinski definition) is 2. The Labute approximate surface area is 85.5 Å². The summed E-state index contributed by atoms with van der Waals surface area (Å²) in [6, 6.07) is 1.05. The number of rotatable bonds is 3. The van der Waals surface area contributed by atoms with Crippen LogP contribution in [0.5, 0.6) is 0 Å². The van der Waals surface area contributed by atoms with Crippen LogP contribution in [0.4, 0.5) is 8.78 Å². The number of carboxylic acids is 1. The minimum Gasteiger partial charge on any atom is -0.480 e. The van der Waals surface area contributed by atoms with E-state index >= 15 is 0 Å². The van der Waals surface area contributed by atoms with Crippen molar-refractivity contribution in [1.29, 1.82) is 0 Å². The zero-order chi connectivity index (χ0) is 11.6. The number of aliphatic carboxylic acids is 1. The Hall–Kier alpha value is -1.49. The van der Waals surface area contributed by atoms with Crippen LogP contribution in [0.15, 0.2) is 12.1 Å². The maximum absolute atomic E-state index is 13.1. The summed E-state index contributed by atoms with van der Waals surface area (Å²) >= 11 is 0. The second kappa shape index (κ2) is 4.35. The van der Waals surface area contributed by atoms with Crippen LogP contribution in [0, 0.1) is 18.6 Å². The van der Waals surface area contributed by atoms with Gasteiger partial charge in [-0.1, -0.05) is 0 Å². The highest BCUT2D eigenvalue weighted by Gasteiger charge is 2.14. The van der Waals surface area contributed by atoms with Gasteiger partial charge in [0.25, 0.3) is 0 Å². The second-order valence-corrected chi connectivity index (χ2v) is 3.33. The lowest BCUT2D eigenvalue weighted by Gasteiger charge is -2.08. The summed E-state index contributed by atoms with van der Waals surface area (Å²) in [5.41, 5.74) is 5.40. The van der Waals surface area contributed by atoms with Crippen molar-refractivity contribution in [3.63, 3.8) is 0 Å². The Kier molecular flexibility index (Phi) is 3.36. The third-order valence-corrected chi connectivity index (χ3v) is 2.11.